The van der Waals surface area contributed by atoms with Gasteiger partial charge in [0, 0.05) is 24.0 Å². The van der Waals surface area contributed by atoms with Crippen molar-refractivity contribution in [2.75, 3.05) is 12.4 Å². The molecule has 0 atom stereocenters. The maximum Gasteiger partial charge on any atom is 0.337 e. The molecule has 0 fully saturated rings. The molecule has 0 unspecified atom stereocenters. The molecule has 0 saturated carbocycles. The number of halogens is 2. The van der Waals surface area contributed by atoms with Crippen molar-refractivity contribution in [3.8, 4) is 0 Å². The summed E-state index contributed by atoms with van der Waals surface area (Å²) in [5, 5.41) is 3.07. The van der Waals surface area contributed by atoms with E-state index in [1.807, 2.05) is 0 Å². The average Bonchev–Trinajstić information content (AvgIpc) is 2.48. The van der Waals surface area contributed by atoms with E-state index in [2.05, 4.69) is 31.0 Å². The number of rotatable bonds is 4. The number of ether oxygens (including phenoxy) is 1. The van der Waals surface area contributed by atoms with Crippen LogP contribution in [0.15, 0.2) is 41.1 Å². The van der Waals surface area contributed by atoms with Crippen LogP contribution in [0.5, 0.6) is 0 Å². The Morgan fingerprint density at radius 1 is 1.35 bits per heavy atom. The first kappa shape index (κ1) is 14.5. The zero-order valence-electron chi connectivity index (χ0n) is 10.7. The van der Waals surface area contributed by atoms with E-state index in [0.717, 1.165) is 5.69 Å². The van der Waals surface area contributed by atoms with Crippen LogP contribution in [0.1, 0.15) is 15.9 Å². The van der Waals surface area contributed by atoms with Crippen LogP contribution in [0.3, 0.4) is 0 Å². The van der Waals surface area contributed by atoms with Crippen molar-refractivity contribution in [3.05, 3.63) is 58.1 Å². The van der Waals surface area contributed by atoms with Gasteiger partial charge in [0.25, 0.3) is 0 Å². The zero-order chi connectivity index (χ0) is 14.5. The Kier molecular flexibility index (Phi) is 4.68. The van der Waals surface area contributed by atoms with Crippen molar-refractivity contribution in [1.29, 1.82) is 0 Å². The number of aromatic nitrogens is 1. The zero-order valence-corrected chi connectivity index (χ0v) is 12.3. The minimum absolute atomic E-state index is 0.192. The molecule has 1 aromatic heterocycles. The Labute approximate surface area is 124 Å². The van der Waals surface area contributed by atoms with E-state index in [4.69, 9.17) is 0 Å². The molecule has 0 radical (unpaired) electrons. The van der Waals surface area contributed by atoms with Crippen LogP contribution in [0, 0.1) is 5.82 Å². The molecule has 2 rings (SSSR count). The quantitative estimate of drug-likeness (QED) is 0.685. The van der Waals surface area contributed by atoms with Gasteiger partial charge >= 0.3 is 5.97 Å². The van der Waals surface area contributed by atoms with Gasteiger partial charge in [0.2, 0.25) is 0 Å². The van der Waals surface area contributed by atoms with Crippen LogP contribution in [-0.4, -0.2) is 18.1 Å². The molecule has 104 valence electrons. The summed E-state index contributed by atoms with van der Waals surface area (Å²) in [5.74, 6) is -0.771. The number of pyridine rings is 1. The van der Waals surface area contributed by atoms with E-state index in [9.17, 15) is 9.18 Å². The Morgan fingerprint density at radius 3 is 2.70 bits per heavy atom. The lowest BCUT2D eigenvalue weighted by Crippen LogP contribution is -2.04. The molecule has 0 spiro atoms. The Balaban J connectivity index is 2.04. The molecule has 20 heavy (non-hydrogen) atoms. The number of hydrogen-bond acceptors (Lipinski definition) is 4. The number of anilines is 1. The number of nitrogens with zero attached hydrogens (tertiary/aromatic N) is 1. The van der Waals surface area contributed by atoms with Gasteiger partial charge in [0.15, 0.2) is 5.82 Å². The number of hydrogen-bond donors (Lipinski definition) is 1. The van der Waals surface area contributed by atoms with Crippen molar-refractivity contribution in [1.82, 2.24) is 4.98 Å². The summed E-state index contributed by atoms with van der Waals surface area (Å²) >= 11 is 3.04. The fourth-order valence-electron chi connectivity index (χ4n) is 1.63. The summed E-state index contributed by atoms with van der Waals surface area (Å²) in [4.78, 5) is 15.1. The van der Waals surface area contributed by atoms with Crippen molar-refractivity contribution in [3.63, 3.8) is 0 Å². The van der Waals surface area contributed by atoms with Gasteiger partial charge in [-0.25, -0.2) is 14.2 Å². The molecule has 2 aromatic rings. The van der Waals surface area contributed by atoms with Crippen molar-refractivity contribution in [2.45, 2.75) is 6.54 Å². The van der Waals surface area contributed by atoms with Gasteiger partial charge in [-0.15, -0.1) is 0 Å². The normalized spacial score (nSPS) is 10.2. The number of methoxy groups -OCH3 is 1. The minimum Gasteiger partial charge on any atom is -0.465 e. The SMILES string of the molecule is COC(=O)c1ccc(NCc2ccnc(Br)c2F)cc1. The monoisotopic (exact) mass is 338 g/mol. The number of benzene rings is 1. The van der Waals surface area contributed by atoms with Crippen LogP contribution in [0.2, 0.25) is 0 Å². The van der Waals surface area contributed by atoms with Gasteiger partial charge < -0.3 is 10.1 Å². The highest BCUT2D eigenvalue weighted by atomic mass is 79.9. The summed E-state index contributed by atoms with van der Waals surface area (Å²) in [6.07, 6.45) is 1.53. The summed E-state index contributed by atoms with van der Waals surface area (Å²) in [6.45, 7) is 0.324. The minimum atomic E-state index is -0.388. The fourth-order valence-corrected chi connectivity index (χ4v) is 2.00. The van der Waals surface area contributed by atoms with Crippen LogP contribution in [0.4, 0.5) is 10.1 Å². The largest absolute Gasteiger partial charge is 0.465 e. The Morgan fingerprint density at radius 2 is 2.05 bits per heavy atom. The first-order chi connectivity index (χ1) is 9.61. The summed E-state index contributed by atoms with van der Waals surface area (Å²) in [7, 11) is 1.33. The van der Waals surface area contributed by atoms with E-state index < -0.39 is 0 Å². The molecule has 0 amide bonds. The first-order valence-corrected chi connectivity index (χ1v) is 6.62. The fraction of sp³-hybridized carbons (Fsp3) is 0.143. The van der Waals surface area contributed by atoms with Gasteiger partial charge in [-0.2, -0.15) is 0 Å². The summed E-state index contributed by atoms with van der Waals surface area (Å²) < 4.78 is 18.5. The molecule has 0 saturated heterocycles. The predicted octanol–water partition coefficient (Wildman–Crippen LogP) is 3.38. The molecule has 1 aromatic carbocycles. The maximum absolute atomic E-state index is 13.7. The van der Waals surface area contributed by atoms with Crippen LogP contribution in [-0.2, 0) is 11.3 Å². The van der Waals surface area contributed by atoms with Gasteiger partial charge in [-0.1, -0.05) is 0 Å². The van der Waals surface area contributed by atoms with Gasteiger partial charge in [0.1, 0.15) is 4.60 Å². The molecule has 0 bridgehead atoms. The first-order valence-electron chi connectivity index (χ1n) is 5.83. The highest BCUT2D eigenvalue weighted by molar-refractivity contribution is 9.10. The lowest BCUT2D eigenvalue weighted by atomic mass is 10.2. The van der Waals surface area contributed by atoms with Crippen LogP contribution in [0.25, 0.3) is 0 Å². The maximum atomic E-state index is 13.7. The van der Waals surface area contributed by atoms with E-state index in [1.54, 1.807) is 30.3 Å². The van der Waals surface area contributed by atoms with Crippen molar-refractivity contribution in [2.24, 2.45) is 0 Å². The Hall–Kier alpha value is -1.95. The number of carbonyl (C=O) groups excluding carboxylic acids is 1. The van der Waals surface area contributed by atoms with E-state index in [1.165, 1.54) is 13.3 Å². The molecule has 0 aliphatic heterocycles. The van der Waals surface area contributed by atoms with E-state index >= 15 is 0 Å². The molecule has 0 aliphatic rings. The molecular formula is C14H12BrFN2O2. The summed E-state index contributed by atoms with van der Waals surface area (Å²) in [5.41, 5.74) is 1.75. The third kappa shape index (κ3) is 3.33. The van der Waals surface area contributed by atoms with Crippen LogP contribution < -0.4 is 5.32 Å². The van der Waals surface area contributed by atoms with Crippen molar-refractivity contribution >= 4 is 27.6 Å². The Bertz CT molecular complexity index is 617. The topological polar surface area (TPSA) is 51.2 Å². The third-order valence-corrected chi connectivity index (χ3v) is 3.27. The third-order valence-electron chi connectivity index (χ3n) is 2.72. The predicted molar refractivity (Wildman–Crippen MR) is 77.0 cm³/mol. The van der Waals surface area contributed by atoms with Crippen LogP contribution >= 0.6 is 15.9 Å². The lowest BCUT2D eigenvalue weighted by Gasteiger charge is -2.08. The van der Waals surface area contributed by atoms with E-state index in [0.29, 0.717) is 17.7 Å². The van der Waals surface area contributed by atoms with Gasteiger partial charge in [0.05, 0.1) is 12.7 Å². The smallest absolute Gasteiger partial charge is 0.337 e. The molecule has 4 nitrogen and oxygen atoms in total. The van der Waals surface area contributed by atoms with Gasteiger partial charge in [-0.3, -0.25) is 0 Å². The second-order valence-electron chi connectivity index (χ2n) is 4.00. The standard InChI is InChI=1S/C14H12BrFN2O2/c1-20-14(19)9-2-4-11(5-3-9)18-8-10-6-7-17-13(15)12(10)16/h2-7,18H,8H2,1H3. The molecular weight excluding hydrogens is 327 g/mol. The van der Waals surface area contributed by atoms with Gasteiger partial charge in [-0.05, 0) is 46.3 Å². The highest BCUT2D eigenvalue weighted by Gasteiger charge is 2.07. The number of esters is 1. The number of carbonyl (C=O) groups is 1. The summed E-state index contributed by atoms with van der Waals surface area (Å²) in [6, 6.07) is 8.37. The highest BCUT2D eigenvalue weighted by Crippen LogP contribution is 2.17. The lowest BCUT2D eigenvalue weighted by molar-refractivity contribution is 0.0601. The number of nitrogens with one attached hydrogen (secondary N) is 1. The van der Waals surface area contributed by atoms with Crippen molar-refractivity contribution < 1.29 is 13.9 Å². The molecule has 1 heterocycles. The molecule has 1 N–H and O–H groups in total. The second-order valence-corrected chi connectivity index (χ2v) is 4.75. The molecule has 0 aliphatic carbocycles. The average molecular weight is 339 g/mol. The van der Waals surface area contributed by atoms with E-state index in [-0.39, 0.29) is 16.4 Å². The molecule has 6 heteroatoms. The second kappa shape index (κ2) is 6.47.